The number of aromatic nitrogens is 1. The third-order valence-corrected chi connectivity index (χ3v) is 4.52. The molecule has 0 fully saturated rings. The number of carbonyl (C=O) groups is 1. The highest BCUT2D eigenvalue weighted by Crippen LogP contribution is 2.42. The zero-order valence-electron chi connectivity index (χ0n) is 12.6. The molecule has 3 rings (SSSR count). The smallest absolute Gasteiger partial charge is 0.262 e. The van der Waals surface area contributed by atoms with Gasteiger partial charge in [0, 0.05) is 23.3 Å². The lowest BCUT2D eigenvalue weighted by Gasteiger charge is -2.32. The van der Waals surface area contributed by atoms with E-state index in [0.29, 0.717) is 5.56 Å². The van der Waals surface area contributed by atoms with E-state index in [1.54, 1.807) is 0 Å². The summed E-state index contributed by atoms with van der Waals surface area (Å²) in [5.41, 5.74) is -1.70. The highest BCUT2D eigenvalue weighted by atomic mass is 35.5. The molecule has 0 saturated heterocycles. The monoisotopic (exact) mass is 352 g/mol. The Morgan fingerprint density at radius 2 is 2.25 bits per heavy atom. The van der Waals surface area contributed by atoms with Gasteiger partial charge in [-0.05, 0) is 42.7 Å². The van der Waals surface area contributed by atoms with Gasteiger partial charge in [0.2, 0.25) is 5.67 Å². The largest absolute Gasteiger partial charge is 0.387 e. The molecular formula is C17H15ClF2N2O2. The number of hydrogen-bond acceptors (Lipinski definition) is 3. The summed E-state index contributed by atoms with van der Waals surface area (Å²) in [7, 11) is 0. The van der Waals surface area contributed by atoms with Gasteiger partial charge in [0.1, 0.15) is 5.82 Å². The molecule has 4 nitrogen and oxygen atoms in total. The number of nitrogens with zero attached hydrogens (tertiary/aromatic N) is 1. The van der Waals surface area contributed by atoms with Crippen LogP contribution >= 0.6 is 11.6 Å². The predicted octanol–water partition coefficient (Wildman–Crippen LogP) is 3.18. The van der Waals surface area contributed by atoms with Gasteiger partial charge in [-0.15, -0.1) is 0 Å². The molecule has 1 aromatic carbocycles. The van der Waals surface area contributed by atoms with E-state index in [2.05, 4.69) is 10.3 Å². The number of aliphatic hydroxyl groups is 1. The number of alkyl halides is 1. The Balaban J connectivity index is 1.82. The van der Waals surface area contributed by atoms with Gasteiger partial charge in [0.25, 0.3) is 5.91 Å². The van der Waals surface area contributed by atoms with Gasteiger partial charge < -0.3 is 10.4 Å². The number of carbonyl (C=O) groups excluding carboxylic acids is 1. The highest BCUT2D eigenvalue weighted by Gasteiger charge is 2.46. The molecule has 0 bridgehead atoms. The molecule has 2 aromatic rings. The fraction of sp³-hybridized carbons (Fsp3) is 0.294. The van der Waals surface area contributed by atoms with Crippen LogP contribution in [0.5, 0.6) is 0 Å². The predicted molar refractivity (Wildman–Crippen MR) is 84.5 cm³/mol. The molecule has 0 aliphatic heterocycles. The molecule has 24 heavy (non-hydrogen) atoms. The lowest BCUT2D eigenvalue weighted by molar-refractivity contribution is -0.135. The maximum absolute atomic E-state index is 15.3. The second-order valence-electron chi connectivity index (χ2n) is 5.71. The fourth-order valence-corrected chi connectivity index (χ4v) is 3.04. The molecule has 1 aliphatic carbocycles. The minimum absolute atomic E-state index is 0.0617. The molecule has 1 heterocycles. The normalized spacial score (nSPS) is 22.8. The average Bonchev–Trinajstić information content (AvgIpc) is 2.59. The summed E-state index contributed by atoms with van der Waals surface area (Å²) in [5.74, 6) is -1.35. The number of pyridine rings is 1. The van der Waals surface area contributed by atoms with Crippen LogP contribution in [0.1, 0.15) is 35.8 Å². The van der Waals surface area contributed by atoms with Crippen molar-refractivity contribution < 1.29 is 18.7 Å². The minimum Gasteiger partial charge on any atom is -0.387 e. The van der Waals surface area contributed by atoms with Crippen molar-refractivity contribution in [3.63, 3.8) is 0 Å². The van der Waals surface area contributed by atoms with E-state index in [0.717, 1.165) is 0 Å². The number of nitrogens with one attached hydrogen (secondary N) is 1. The number of aliphatic hydroxyl groups excluding tert-OH is 1. The number of benzene rings is 1. The van der Waals surface area contributed by atoms with Crippen LogP contribution in [0.4, 0.5) is 8.78 Å². The van der Waals surface area contributed by atoms with Crippen LogP contribution in [0, 0.1) is 5.82 Å². The Labute approximate surface area is 142 Å². The SMILES string of the molecule is O=C(NCc1cc(F)ccc1Cl)C1(F)CCC(O)c2ncccc21. The molecule has 0 spiro atoms. The molecule has 7 heteroatoms. The van der Waals surface area contributed by atoms with Crippen LogP contribution in [0.2, 0.25) is 5.02 Å². The van der Waals surface area contributed by atoms with Crippen molar-refractivity contribution in [3.05, 3.63) is 64.2 Å². The number of amides is 1. The van der Waals surface area contributed by atoms with E-state index in [1.807, 2.05) is 0 Å². The van der Waals surface area contributed by atoms with E-state index in [4.69, 9.17) is 11.6 Å². The molecule has 2 N–H and O–H groups in total. The third kappa shape index (κ3) is 2.99. The lowest BCUT2D eigenvalue weighted by atomic mass is 9.81. The highest BCUT2D eigenvalue weighted by molar-refractivity contribution is 6.31. The molecule has 126 valence electrons. The average molecular weight is 353 g/mol. The minimum atomic E-state index is -2.29. The van der Waals surface area contributed by atoms with Crippen molar-refractivity contribution in [1.82, 2.24) is 10.3 Å². The molecule has 0 saturated carbocycles. The summed E-state index contributed by atoms with van der Waals surface area (Å²) in [6.45, 7) is -0.0980. The molecule has 1 aliphatic rings. The number of fused-ring (bicyclic) bond motifs is 1. The first kappa shape index (κ1) is 16.8. The van der Waals surface area contributed by atoms with Crippen molar-refractivity contribution in [2.24, 2.45) is 0 Å². The van der Waals surface area contributed by atoms with Crippen molar-refractivity contribution >= 4 is 17.5 Å². The van der Waals surface area contributed by atoms with Gasteiger partial charge in [-0.25, -0.2) is 8.78 Å². The molecule has 0 radical (unpaired) electrons. The van der Waals surface area contributed by atoms with Gasteiger partial charge in [0.05, 0.1) is 11.8 Å². The van der Waals surface area contributed by atoms with Crippen molar-refractivity contribution in [3.8, 4) is 0 Å². The Hall–Kier alpha value is -2.05. The Bertz CT molecular complexity index is 787. The molecule has 1 aromatic heterocycles. The van der Waals surface area contributed by atoms with E-state index in [1.165, 1.54) is 36.5 Å². The number of halogens is 3. The van der Waals surface area contributed by atoms with E-state index in [-0.39, 0.29) is 35.7 Å². The molecule has 1 amide bonds. The zero-order chi connectivity index (χ0) is 17.3. The lowest BCUT2D eigenvalue weighted by Crippen LogP contribution is -2.44. The van der Waals surface area contributed by atoms with E-state index >= 15 is 4.39 Å². The van der Waals surface area contributed by atoms with Crippen LogP contribution in [0.3, 0.4) is 0 Å². The summed E-state index contributed by atoms with van der Waals surface area (Å²) in [6.07, 6.45) is 0.484. The van der Waals surface area contributed by atoms with Crippen molar-refractivity contribution in [2.75, 3.05) is 0 Å². The van der Waals surface area contributed by atoms with Crippen LogP contribution in [0.25, 0.3) is 0 Å². The summed E-state index contributed by atoms with van der Waals surface area (Å²) >= 11 is 5.95. The summed E-state index contributed by atoms with van der Waals surface area (Å²) in [5, 5.41) is 12.7. The van der Waals surface area contributed by atoms with Gasteiger partial charge in [0.15, 0.2) is 0 Å². The second-order valence-corrected chi connectivity index (χ2v) is 6.12. The standard InChI is InChI=1S/C17H15ClF2N2O2/c18-13-4-3-11(19)8-10(13)9-22-16(24)17(20)6-5-14(23)15-12(17)2-1-7-21-15/h1-4,7-8,14,23H,5-6,9H2,(H,22,24). The van der Waals surface area contributed by atoms with E-state index in [9.17, 15) is 14.3 Å². The van der Waals surface area contributed by atoms with Crippen LogP contribution in [0.15, 0.2) is 36.5 Å². The topological polar surface area (TPSA) is 62.2 Å². The quantitative estimate of drug-likeness (QED) is 0.891. The van der Waals surface area contributed by atoms with Crippen LogP contribution < -0.4 is 5.32 Å². The van der Waals surface area contributed by atoms with Crippen LogP contribution in [-0.4, -0.2) is 16.0 Å². The second kappa shape index (κ2) is 6.45. The van der Waals surface area contributed by atoms with Crippen LogP contribution in [-0.2, 0) is 17.0 Å². The van der Waals surface area contributed by atoms with Crippen molar-refractivity contribution in [1.29, 1.82) is 0 Å². The maximum Gasteiger partial charge on any atom is 0.262 e. The van der Waals surface area contributed by atoms with Gasteiger partial charge >= 0.3 is 0 Å². The Morgan fingerprint density at radius 1 is 1.46 bits per heavy atom. The summed E-state index contributed by atoms with van der Waals surface area (Å²) < 4.78 is 28.6. The number of rotatable bonds is 3. The van der Waals surface area contributed by atoms with Crippen molar-refractivity contribution in [2.45, 2.75) is 31.2 Å². The molecular weight excluding hydrogens is 338 g/mol. The maximum atomic E-state index is 15.3. The van der Waals surface area contributed by atoms with Gasteiger partial charge in [-0.3, -0.25) is 9.78 Å². The molecule has 2 atom stereocenters. The first-order valence-corrected chi connectivity index (χ1v) is 7.84. The first-order chi connectivity index (χ1) is 11.4. The first-order valence-electron chi connectivity index (χ1n) is 7.46. The Morgan fingerprint density at radius 3 is 3.04 bits per heavy atom. The summed E-state index contributed by atoms with van der Waals surface area (Å²) in [6, 6.07) is 6.73. The van der Waals surface area contributed by atoms with Gasteiger partial charge in [-0.1, -0.05) is 17.7 Å². The molecule has 2 unspecified atom stereocenters. The fourth-order valence-electron chi connectivity index (χ4n) is 2.86. The summed E-state index contributed by atoms with van der Waals surface area (Å²) in [4.78, 5) is 16.4. The third-order valence-electron chi connectivity index (χ3n) is 4.15. The Kier molecular flexibility index (Phi) is 4.51. The van der Waals surface area contributed by atoms with Gasteiger partial charge in [-0.2, -0.15) is 0 Å². The zero-order valence-corrected chi connectivity index (χ0v) is 13.4. The number of hydrogen-bond donors (Lipinski definition) is 2. The van der Waals surface area contributed by atoms with E-state index < -0.39 is 23.5 Å².